The summed E-state index contributed by atoms with van der Waals surface area (Å²) in [6.45, 7) is 5.10. The van der Waals surface area contributed by atoms with E-state index in [2.05, 4.69) is 9.78 Å². The number of aldehydes is 1. The smallest absolute Gasteiger partial charge is 0.290 e. The molecular weight excluding hydrogens is 136 g/mol. The van der Waals surface area contributed by atoms with E-state index < -0.39 is 11.6 Å². The SMILES string of the molecule is CC(C)(C)OOC(=O)C=O. The first kappa shape index (κ1) is 9.10. The van der Waals surface area contributed by atoms with Gasteiger partial charge in [0, 0.05) is 0 Å². The lowest BCUT2D eigenvalue weighted by atomic mass is 10.2. The summed E-state index contributed by atoms with van der Waals surface area (Å²) in [5, 5.41) is 0. The van der Waals surface area contributed by atoms with Gasteiger partial charge in [-0.25, -0.2) is 4.79 Å². The molecule has 0 fully saturated rings. The van der Waals surface area contributed by atoms with E-state index in [0.717, 1.165) is 0 Å². The Labute approximate surface area is 59.0 Å². The summed E-state index contributed by atoms with van der Waals surface area (Å²) in [5.74, 6) is -1.02. The van der Waals surface area contributed by atoms with Crippen LogP contribution in [0.2, 0.25) is 0 Å². The molecule has 0 saturated heterocycles. The molecule has 0 rings (SSSR count). The Bertz CT molecular complexity index is 133. The van der Waals surface area contributed by atoms with Crippen molar-refractivity contribution >= 4 is 12.3 Å². The Morgan fingerprint density at radius 3 is 2.20 bits per heavy atom. The van der Waals surface area contributed by atoms with E-state index in [1.54, 1.807) is 20.8 Å². The van der Waals surface area contributed by atoms with Crippen molar-refractivity contribution in [1.29, 1.82) is 0 Å². The second-order valence-electron chi connectivity index (χ2n) is 2.72. The van der Waals surface area contributed by atoms with Crippen molar-refractivity contribution in [3.63, 3.8) is 0 Å². The molecule has 10 heavy (non-hydrogen) atoms. The van der Waals surface area contributed by atoms with Crippen LogP contribution in [-0.2, 0) is 19.4 Å². The number of rotatable bonds is 2. The zero-order chi connectivity index (χ0) is 8.20. The molecule has 0 bridgehead atoms. The third kappa shape index (κ3) is 5.24. The average molecular weight is 146 g/mol. The van der Waals surface area contributed by atoms with Gasteiger partial charge in [0.25, 0.3) is 0 Å². The Morgan fingerprint density at radius 1 is 1.40 bits per heavy atom. The van der Waals surface area contributed by atoms with Crippen molar-refractivity contribution in [3.05, 3.63) is 0 Å². The van der Waals surface area contributed by atoms with Crippen LogP contribution in [0.5, 0.6) is 0 Å². The summed E-state index contributed by atoms with van der Waals surface area (Å²) < 4.78 is 0. The molecule has 0 unspecified atom stereocenters. The number of hydrogen-bond acceptors (Lipinski definition) is 4. The van der Waals surface area contributed by atoms with Gasteiger partial charge in [0.05, 0.1) is 0 Å². The molecule has 0 aliphatic heterocycles. The van der Waals surface area contributed by atoms with Crippen molar-refractivity contribution in [2.75, 3.05) is 0 Å². The molecule has 4 nitrogen and oxygen atoms in total. The van der Waals surface area contributed by atoms with E-state index in [1.807, 2.05) is 0 Å². The molecule has 0 N–H and O–H groups in total. The van der Waals surface area contributed by atoms with Gasteiger partial charge in [0.15, 0.2) is 0 Å². The fraction of sp³-hybridized carbons (Fsp3) is 0.667. The summed E-state index contributed by atoms with van der Waals surface area (Å²) in [4.78, 5) is 28.4. The Balaban J connectivity index is 3.55. The number of carbonyl (C=O) groups is 2. The maximum absolute atomic E-state index is 10.1. The van der Waals surface area contributed by atoms with Crippen LogP contribution in [-0.4, -0.2) is 17.9 Å². The molecule has 0 heterocycles. The quantitative estimate of drug-likeness (QED) is 0.246. The minimum atomic E-state index is -1.02. The molecule has 0 aliphatic rings. The molecule has 0 saturated carbocycles. The van der Waals surface area contributed by atoms with Crippen molar-refractivity contribution < 1.29 is 19.4 Å². The first-order chi connectivity index (χ1) is 4.45. The molecule has 0 atom stereocenters. The highest BCUT2D eigenvalue weighted by molar-refractivity contribution is 6.20. The van der Waals surface area contributed by atoms with Crippen LogP contribution in [0.15, 0.2) is 0 Å². The predicted octanol–water partition coefficient (Wildman–Crippen LogP) is 0.459. The monoisotopic (exact) mass is 146 g/mol. The molecule has 0 radical (unpaired) electrons. The van der Waals surface area contributed by atoms with Gasteiger partial charge in [-0.1, -0.05) is 0 Å². The highest BCUT2D eigenvalue weighted by Gasteiger charge is 2.14. The zero-order valence-corrected chi connectivity index (χ0v) is 6.21. The topological polar surface area (TPSA) is 52.6 Å². The predicted molar refractivity (Wildman–Crippen MR) is 33.0 cm³/mol. The van der Waals surface area contributed by atoms with Gasteiger partial charge in [-0.3, -0.25) is 9.68 Å². The normalized spacial score (nSPS) is 10.7. The Hall–Kier alpha value is -0.900. The molecular formula is C6H10O4. The van der Waals surface area contributed by atoms with Crippen molar-refractivity contribution in [3.8, 4) is 0 Å². The maximum Gasteiger partial charge on any atom is 0.405 e. The van der Waals surface area contributed by atoms with E-state index in [1.165, 1.54) is 0 Å². The minimum absolute atomic E-state index is 0.0474. The van der Waals surface area contributed by atoms with Crippen molar-refractivity contribution in [1.82, 2.24) is 0 Å². The number of hydrogen-bond donors (Lipinski definition) is 0. The summed E-state index contributed by atoms with van der Waals surface area (Å²) in [5.41, 5.74) is -0.571. The first-order valence-corrected chi connectivity index (χ1v) is 2.80. The molecule has 0 spiro atoms. The summed E-state index contributed by atoms with van der Waals surface area (Å²) in [6, 6.07) is 0. The molecule has 0 aromatic rings. The van der Waals surface area contributed by atoms with Gasteiger partial charge in [-0.05, 0) is 20.8 Å². The van der Waals surface area contributed by atoms with Crippen LogP contribution >= 0.6 is 0 Å². The third-order valence-corrected chi connectivity index (χ3v) is 0.470. The van der Waals surface area contributed by atoms with Gasteiger partial charge < -0.3 is 0 Å². The second kappa shape index (κ2) is 3.31. The van der Waals surface area contributed by atoms with Crippen LogP contribution in [0.4, 0.5) is 0 Å². The fourth-order valence-electron chi connectivity index (χ4n) is 0.186. The highest BCUT2D eigenvalue weighted by Crippen LogP contribution is 2.06. The summed E-state index contributed by atoms with van der Waals surface area (Å²) >= 11 is 0. The molecule has 0 aromatic carbocycles. The van der Waals surface area contributed by atoms with E-state index in [9.17, 15) is 9.59 Å². The highest BCUT2D eigenvalue weighted by atomic mass is 17.2. The van der Waals surface area contributed by atoms with Crippen molar-refractivity contribution in [2.45, 2.75) is 26.4 Å². The van der Waals surface area contributed by atoms with Crippen LogP contribution in [0.1, 0.15) is 20.8 Å². The Morgan fingerprint density at radius 2 is 1.90 bits per heavy atom. The van der Waals surface area contributed by atoms with E-state index in [-0.39, 0.29) is 6.29 Å². The zero-order valence-electron chi connectivity index (χ0n) is 6.21. The first-order valence-electron chi connectivity index (χ1n) is 2.80. The van der Waals surface area contributed by atoms with E-state index in [0.29, 0.717) is 0 Å². The molecule has 0 amide bonds. The second-order valence-corrected chi connectivity index (χ2v) is 2.72. The van der Waals surface area contributed by atoms with Crippen LogP contribution in [0.25, 0.3) is 0 Å². The lowest BCUT2D eigenvalue weighted by molar-refractivity contribution is -0.316. The lowest BCUT2D eigenvalue weighted by Gasteiger charge is -2.14. The molecule has 58 valence electrons. The summed E-state index contributed by atoms with van der Waals surface area (Å²) in [7, 11) is 0. The van der Waals surface area contributed by atoms with Crippen molar-refractivity contribution in [2.24, 2.45) is 0 Å². The van der Waals surface area contributed by atoms with Gasteiger partial charge in [0.2, 0.25) is 6.29 Å². The van der Waals surface area contributed by atoms with Crippen LogP contribution in [0.3, 0.4) is 0 Å². The van der Waals surface area contributed by atoms with Gasteiger partial charge in [-0.2, -0.15) is 4.89 Å². The van der Waals surface area contributed by atoms with Gasteiger partial charge >= 0.3 is 5.97 Å². The fourth-order valence-corrected chi connectivity index (χ4v) is 0.186. The number of carbonyl (C=O) groups excluding carboxylic acids is 2. The van der Waals surface area contributed by atoms with Gasteiger partial charge in [0.1, 0.15) is 5.60 Å². The standard InChI is InChI=1S/C6H10O4/c1-6(2,3)10-9-5(8)4-7/h4H,1-3H3. The van der Waals surface area contributed by atoms with Crippen LogP contribution < -0.4 is 0 Å². The van der Waals surface area contributed by atoms with Crippen LogP contribution in [0, 0.1) is 0 Å². The molecule has 0 aromatic heterocycles. The third-order valence-electron chi connectivity index (χ3n) is 0.470. The molecule has 4 heteroatoms. The largest absolute Gasteiger partial charge is 0.405 e. The van der Waals surface area contributed by atoms with Gasteiger partial charge in [-0.15, -0.1) is 0 Å². The maximum atomic E-state index is 10.1. The summed E-state index contributed by atoms with van der Waals surface area (Å²) in [6.07, 6.45) is 0.0474. The van der Waals surface area contributed by atoms with E-state index >= 15 is 0 Å². The average Bonchev–Trinajstić information content (AvgIpc) is 1.81. The minimum Gasteiger partial charge on any atom is -0.290 e. The lowest BCUT2D eigenvalue weighted by Crippen LogP contribution is -2.22. The molecule has 0 aliphatic carbocycles. The van der Waals surface area contributed by atoms with E-state index in [4.69, 9.17) is 0 Å². The Kier molecular flexibility index (Phi) is 3.02.